The molecule has 3 heteroatoms. The molecular weight excluding hydrogens is 214 g/mol. The van der Waals surface area contributed by atoms with Crippen LogP contribution in [0.15, 0.2) is 24.3 Å². The van der Waals surface area contributed by atoms with Gasteiger partial charge in [0.15, 0.2) is 0 Å². The summed E-state index contributed by atoms with van der Waals surface area (Å²) in [6, 6.07) is 7.35. The lowest BCUT2D eigenvalue weighted by molar-refractivity contribution is -0.146. The van der Waals surface area contributed by atoms with E-state index in [2.05, 4.69) is 25.7 Å². The minimum atomic E-state index is -0.757. The SMILES string of the molecule is CC(C)(C)N1CCc2ccccc2[C@@H]1C(=O)O. The standard InChI is InChI=1S/C14H19NO2/c1-14(2,3)15-9-8-10-6-4-5-7-11(10)12(15)13(16)17/h4-7,12H,8-9H2,1-3H3,(H,16,17)/t12-/m1/s1. The monoisotopic (exact) mass is 233 g/mol. The maximum absolute atomic E-state index is 11.5. The van der Waals surface area contributed by atoms with E-state index in [1.54, 1.807) is 0 Å². The number of hydrogen-bond acceptors (Lipinski definition) is 2. The van der Waals surface area contributed by atoms with Gasteiger partial charge in [-0.1, -0.05) is 24.3 Å². The Kier molecular flexibility index (Phi) is 2.96. The summed E-state index contributed by atoms with van der Waals surface area (Å²) < 4.78 is 0. The Labute approximate surface area is 102 Å². The molecule has 0 aromatic heterocycles. The third-order valence-electron chi connectivity index (χ3n) is 3.38. The number of hydrogen-bond donors (Lipinski definition) is 1. The first-order valence-corrected chi connectivity index (χ1v) is 5.98. The van der Waals surface area contributed by atoms with Gasteiger partial charge in [0.05, 0.1) is 0 Å². The fourth-order valence-electron chi connectivity index (χ4n) is 2.56. The average molecular weight is 233 g/mol. The maximum atomic E-state index is 11.5. The molecule has 1 aromatic rings. The number of fused-ring (bicyclic) bond motifs is 1. The normalized spacial score (nSPS) is 21.0. The van der Waals surface area contributed by atoms with Crippen LogP contribution in [-0.4, -0.2) is 28.1 Å². The topological polar surface area (TPSA) is 40.5 Å². The Bertz CT molecular complexity index is 434. The molecule has 0 amide bonds. The second-order valence-electron chi connectivity index (χ2n) is 5.55. The van der Waals surface area contributed by atoms with Gasteiger partial charge in [-0.2, -0.15) is 0 Å². The van der Waals surface area contributed by atoms with E-state index in [1.807, 2.05) is 24.3 Å². The van der Waals surface area contributed by atoms with Crippen molar-refractivity contribution in [1.29, 1.82) is 0 Å². The number of carboxylic acids is 1. The van der Waals surface area contributed by atoms with Crippen molar-refractivity contribution in [3.8, 4) is 0 Å². The van der Waals surface area contributed by atoms with Gasteiger partial charge in [0.25, 0.3) is 0 Å². The lowest BCUT2D eigenvalue weighted by atomic mass is 9.89. The van der Waals surface area contributed by atoms with Gasteiger partial charge in [-0.25, -0.2) is 0 Å². The molecule has 3 nitrogen and oxygen atoms in total. The van der Waals surface area contributed by atoms with Gasteiger partial charge < -0.3 is 5.11 Å². The van der Waals surface area contributed by atoms with Crippen LogP contribution in [0.4, 0.5) is 0 Å². The van der Waals surface area contributed by atoms with Crippen molar-refractivity contribution in [1.82, 2.24) is 4.90 Å². The van der Waals surface area contributed by atoms with Crippen LogP contribution in [0.25, 0.3) is 0 Å². The molecule has 1 N–H and O–H groups in total. The lowest BCUT2D eigenvalue weighted by Gasteiger charge is -2.43. The summed E-state index contributed by atoms with van der Waals surface area (Å²) in [6.07, 6.45) is 0.928. The zero-order chi connectivity index (χ0) is 12.6. The minimum Gasteiger partial charge on any atom is -0.480 e. The van der Waals surface area contributed by atoms with E-state index in [-0.39, 0.29) is 5.54 Å². The van der Waals surface area contributed by atoms with Crippen LogP contribution in [0.2, 0.25) is 0 Å². The number of benzene rings is 1. The molecule has 0 spiro atoms. The third kappa shape index (κ3) is 2.20. The second-order valence-corrected chi connectivity index (χ2v) is 5.55. The molecule has 1 aromatic carbocycles. The first-order valence-electron chi connectivity index (χ1n) is 5.98. The fraction of sp³-hybridized carbons (Fsp3) is 0.500. The molecule has 0 aliphatic carbocycles. The quantitative estimate of drug-likeness (QED) is 0.810. The lowest BCUT2D eigenvalue weighted by Crippen LogP contribution is -2.49. The van der Waals surface area contributed by atoms with Crippen LogP contribution >= 0.6 is 0 Å². The van der Waals surface area contributed by atoms with E-state index >= 15 is 0 Å². The van der Waals surface area contributed by atoms with Crippen LogP contribution < -0.4 is 0 Å². The molecule has 1 aliphatic rings. The van der Waals surface area contributed by atoms with Gasteiger partial charge in [0, 0.05) is 12.1 Å². The zero-order valence-electron chi connectivity index (χ0n) is 10.6. The van der Waals surface area contributed by atoms with Gasteiger partial charge in [-0.15, -0.1) is 0 Å². The molecule has 17 heavy (non-hydrogen) atoms. The van der Waals surface area contributed by atoms with Crippen LogP contribution in [-0.2, 0) is 11.2 Å². The van der Waals surface area contributed by atoms with E-state index in [4.69, 9.17) is 0 Å². The average Bonchev–Trinajstić information content (AvgIpc) is 2.26. The molecule has 0 saturated carbocycles. The van der Waals surface area contributed by atoms with Crippen LogP contribution in [0.1, 0.15) is 37.9 Å². The molecule has 0 unspecified atom stereocenters. The number of rotatable bonds is 1. The van der Waals surface area contributed by atoms with E-state index in [0.717, 1.165) is 18.5 Å². The Morgan fingerprint density at radius 1 is 1.35 bits per heavy atom. The van der Waals surface area contributed by atoms with Gasteiger partial charge >= 0.3 is 5.97 Å². The predicted octanol–water partition coefficient (Wildman–Crippen LogP) is 2.47. The largest absolute Gasteiger partial charge is 0.480 e. The van der Waals surface area contributed by atoms with Crippen LogP contribution in [0.5, 0.6) is 0 Å². The highest BCUT2D eigenvalue weighted by Gasteiger charge is 2.38. The molecule has 0 bridgehead atoms. The number of carbonyl (C=O) groups is 1. The van der Waals surface area contributed by atoms with E-state index < -0.39 is 12.0 Å². The molecule has 1 aliphatic heterocycles. The summed E-state index contributed by atoms with van der Waals surface area (Å²) in [7, 11) is 0. The predicted molar refractivity (Wildman–Crippen MR) is 67.0 cm³/mol. The van der Waals surface area contributed by atoms with E-state index in [0.29, 0.717) is 0 Å². The molecule has 0 fully saturated rings. The third-order valence-corrected chi connectivity index (χ3v) is 3.38. The minimum absolute atomic E-state index is 0.128. The van der Waals surface area contributed by atoms with Gasteiger partial charge in [-0.3, -0.25) is 9.69 Å². The van der Waals surface area contributed by atoms with Crippen molar-refractivity contribution in [2.45, 2.75) is 38.8 Å². The van der Waals surface area contributed by atoms with Crippen molar-refractivity contribution in [3.05, 3.63) is 35.4 Å². The fourth-order valence-corrected chi connectivity index (χ4v) is 2.56. The molecule has 0 radical (unpaired) electrons. The van der Waals surface area contributed by atoms with E-state index in [1.165, 1.54) is 5.56 Å². The molecule has 1 heterocycles. The highest BCUT2D eigenvalue weighted by atomic mass is 16.4. The van der Waals surface area contributed by atoms with Crippen LogP contribution in [0, 0.1) is 0 Å². The van der Waals surface area contributed by atoms with Crippen molar-refractivity contribution < 1.29 is 9.90 Å². The Morgan fingerprint density at radius 3 is 2.59 bits per heavy atom. The highest BCUT2D eigenvalue weighted by Crippen LogP contribution is 2.34. The number of nitrogens with zero attached hydrogens (tertiary/aromatic N) is 1. The summed E-state index contributed by atoms with van der Waals surface area (Å²) in [5.41, 5.74) is 1.98. The Morgan fingerprint density at radius 2 is 2.00 bits per heavy atom. The van der Waals surface area contributed by atoms with E-state index in [9.17, 15) is 9.90 Å². The molecule has 2 rings (SSSR count). The van der Waals surface area contributed by atoms with Gasteiger partial charge in [0.2, 0.25) is 0 Å². The number of carboxylic acid groups (broad SMARTS) is 1. The van der Waals surface area contributed by atoms with Crippen molar-refractivity contribution in [3.63, 3.8) is 0 Å². The van der Waals surface area contributed by atoms with Crippen molar-refractivity contribution >= 4 is 5.97 Å². The Hall–Kier alpha value is -1.35. The molecular formula is C14H19NO2. The van der Waals surface area contributed by atoms with Crippen molar-refractivity contribution in [2.75, 3.05) is 6.54 Å². The first kappa shape index (κ1) is 12.1. The zero-order valence-corrected chi connectivity index (χ0v) is 10.6. The van der Waals surface area contributed by atoms with Gasteiger partial charge in [-0.05, 0) is 38.3 Å². The molecule has 92 valence electrons. The summed E-state index contributed by atoms with van der Waals surface area (Å²) in [5, 5.41) is 9.48. The van der Waals surface area contributed by atoms with Gasteiger partial charge in [0.1, 0.15) is 6.04 Å². The summed E-state index contributed by atoms with van der Waals surface area (Å²) in [5.74, 6) is -0.757. The summed E-state index contributed by atoms with van der Waals surface area (Å²) >= 11 is 0. The number of aliphatic carboxylic acids is 1. The smallest absolute Gasteiger partial charge is 0.325 e. The molecule has 0 saturated heterocycles. The summed E-state index contributed by atoms with van der Waals surface area (Å²) in [6.45, 7) is 7.00. The Balaban J connectivity index is 2.47. The van der Waals surface area contributed by atoms with Crippen molar-refractivity contribution in [2.24, 2.45) is 0 Å². The second kappa shape index (κ2) is 4.15. The maximum Gasteiger partial charge on any atom is 0.325 e. The summed E-state index contributed by atoms with van der Waals surface area (Å²) in [4.78, 5) is 13.6. The van der Waals surface area contributed by atoms with Crippen LogP contribution in [0.3, 0.4) is 0 Å². The highest BCUT2D eigenvalue weighted by molar-refractivity contribution is 5.76. The first-order chi connectivity index (χ1) is 7.91. The molecule has 1 atom stereocenters.